The van der Waals surface area contributed by atoms with E-state index in [0.29, 0.717) is 5.92 Å². The summed E-state index contributed by atoms with van der Waals surface area (Å²) in [6.07, 6.45) is 2.43. The second-order valence-corrected chi connectivity index (χ2v) is 4.40. The van der Waals surface area contributed by atoms with Crippen LogP contribution >= 0.6 is 0 Å². The van der Waals surface area contributed by atoms with Crippen molar-refractivity contribution in [2.45, 2.75) is 25.7 Å². The molecule has 1 saturated carbocycles. The van der Waals surface area contributed by atoms with E-state index in [4.69, 9.17) is 0 Å². The molecule has 1 aromatic carbocycles. The molecule has 1 atom stereocenters. The van der Waals surface area contributed by atoms with Crippen LogP contribution in [-0.2, 0) is 4.79 Å². The highest BCUT2D eigenvalue weighted by Gasteiger charge is 2.41. The number of hydrogen-bond acceptors (Lipinski definition) is 1. The molecule has 0 bridgehead atoms. The highest BCUT2D eigenvalue weighted by molar-refractivity contribution is 6.03. The molecule has 1 heterocycles. The van der Waals surface area contributed by atoms with Gasteiger partial charge in [-0.1, -0.05) is 17.7 Å². The van der Waals surface area contributed by atoms with Crippen LogP contribution in [0.15, 0.2) is 18.2 Å². The van der Waals surface area contributed by atoms with E-state index in [9.17, 15) is 4.79 Å². The number of anilines is 1. The summed E-state index contributed by atoms with van der Waals surface area (Å²) >= 11 is 0. The maximum absolute atomic E-state index is 11.7. The molecule has 14 heavy (non-hydrogen) atoms. The van der Waals surface area contributed by atoms with Crippen molar-refractivity contribution in [1.29, 1.82) is 0 Å². The monoisotopic (exact) mass is 187 g/mol. The van der Waals surface area contributed by atoms with Crippen molar-refractivity contribution in [3.05, 3.63) is 29.3 Å². The van der Waals surface area contributed by atoms with Crippen LogP contribution in [0.2, 0.25) is 0 Å². The zero-order valence-electron chi connectivity index (χ0n) is 8.21. The summed E-state index contributed by atoms with van der Waals surface area (Å²) in [6.45, 7) is 2.08. The van der Waals surface area contributed by atoms with E-state index < -0.39 is 0 Å². The number of carbonyl (C=O) groups is 1. The third kappa shape index (κ3) is 1.07. The molecule has 0 saturated heterocycles. The molecule has 1 aliphatic carbocycles. The van der Waals surface area contributed by atoms with Gasteiger partial charge in [-0.05, 0) is 37.3 Å². The lowest BCUT2D eigenvalue weighted by Crippen LogP contribution is -2.13. The van der Waals surface area contributed by atoms with Gasteiger partial charge in [0.25, 0.3) is 0 Å². The second kappa shape index (κ2) is 2.59. The minimum atomic E-state index is 0.143. The average Bonchev–Trinajstić information content (AvgIpc) is 2.90. The summed E-state index contributed by atoms with van der Waals surface area (Å²) in [6, 6.07) is 6.22. The number of hydrogen-bond donors (Lipinski definition) is 1. The predicted octanol–water partition coefficient (Wildman–Crippen LogP) is 2.44. The molecule has 0 spiro atoms. The molecule has 72 valence electrons. The molecule has 1 fully saturated rings. The molecular formula is C12H13NO. The van der Waals surface area contributed by atoms with Crippen molar-refractivity contribution in [2.75, 3.05) is 5.32 Å². The summed E-state index contributed by atoms with van der Waals surface area (Å²) in [4.78, 5) is 11.7. The SMILES string of the molecule is Cc1ccc2c(c1)C(C1CC1)C(=O)N2. The summed E-state index contributed by atoms with van der Waals surface area (Å²) in [5.41, 5.74) is 3.49. The summed E-state index contributed by atoms with van der Waals surface area (Å²) in [7, 11) is 0. The molecule has 0 aromatic heterocycles. The lowest BCUT2D eigenvalue weighted by atomic mass is 9.94. The van der Waals surface area contributed by atoms with E-state index >= 15 is 0 Å². The average molecular weight is 187 g/mol. The van der Waals surface area contributed by atoms with Crippen molar-refractivity contribution in [2.24, 2.45) is 5.92 Å². The first-order chi connectivity index (χ1) is 6.75. The van der Waals surface area contributed by atoms with Gasteiger partial charge in [-0.15, -0.1) is 0 Å². The van der Waals surface area contributed by atoms with Gasteiger partial charge in [0.1, 0.15) is 0 Å². The zero-order valence-corrected chi connectivity index (χ0v) is 8.21. The van der Waals surface area contributed by atoms with Gasteiger partial charge >= 0.3 is 0 Å². The highest BCUT2D eigenvalue weighted by Crippen LogP contribution is 2.48. The largest absolute Gasteiger partial charge is 0.325 e. The zero-order chi connectivity index (χ0) is 9.71. The topological polar surface area (TPSA) is 29.1 Å². The fraction of sp³-hybridized carbons (Fsp3) is 0.417. The number of rotatable bonds is 1. The van der Waals surface area contributed by atoms with Crippen molar-refractivity contribution < 1.29 is 4.79 Å². The van der Waals surface area contributed by atoms with Crippen molar-refractivity contribution in [1.82, 2.24) is 0 Å². The van der Waals surface area contributed by atoms with E-state index in [2.05, 4.69) is 18.3 Å². The van der Waals surface area contributed by atoms with E-state index in [0.717, 1.165) is 5.69 Å². The fourth-order valence-electron chi connectivity index (χ4n) is 2.30. The molecule has 2 nitrogen and oxygen atoms in total. The van der Waals surface area contributed by atoms with Crippen LogP contribution in [0.5, 0.6) is 0 Å². The van der Waals surface area contributed by atoms with Crippen LogP contribution in [-0.4, -0.2) is 5.91 Å². The van der Waals surface area contributed by atoms with Crippen molar-refractivity contribution in [3.8, 4) is 0 Å². The Morgan fingerprint density at radius 1 is 1.36 bits per heavy atom. The molecule has 1 aliphatic heterocycles. The van der Waals surface area contributed by atoms with Crippen LogP contribution in [0.4, 0.5) is 5.69 Å². The van der Waals surface area contributed by atoms with Gasteiger partial charge in [0.05, 0.1) is 5.92 Å². The Balaban J connectivity index is 2.09. The second-order valence-electron chi connectivity index (χ2n) is 4.40. The molecule has 1 unspecified atom stereocenters. The van der Waals surface area contributed by atoms with Crippen LogP contribution in [0, 0.1) is 12.8 Å². The number of fused-ring (bicyclic) bond motifs is 1. The van der Waals surface area contributed by atoms with Crippen LogP contribution in [0.3, 0.4) is 0 Å². The molecule has 1 aromatic rings. The van der Waals surface area contributed by atoms with Crippen LogP contribution in [0.25, 0.3) is 0 Å². The van der Waals surface area contributed by atoms with E-state index in [1.54, 1.807) is 0 Å². The predicted molar refractivity (Wildman–Crippen MR) is 55.3 cm³/mol. The van der Waals surface area contributed by atoms with E-state index in [-0.39, 0.29) is 11.8 Å². The normalized spacial score (nSPS) is 24.6. The van der Waals surface area contributed by atoms with E-state index in [1.165, 1.54) is 24.0 Å². The van der Waals surface area contributed by atoms with Crippen LogP contribution < -0.4 is 5.32 Å². The molecule has 2 aliphatic rings. The van der Waals surface area contributed by atoms with Gasteiger partial charge in [-0.2, -0.15) is 0 Å². The third-order valence-electron chi connectivity index (χ3n) is 3.18. The molecular weight excluding hydrogens is 174 g/mol. The summed E-state index contributed by atoms with van der Waals surface area (Å²) in [5.74, 6) is 0.955. The number of carbonyl (C=O) groups excluding carboxylic acids is 1. The Kier molecular flexibility index (Phi) is 1.49. The van der Waals surface area contributed by atoms with Gasteiger partial charge in [-0.3, -0.25) is 4.79 Å². The van der Waals surface area contributed by atoms with Crippen molar-refractivity contribution in [3.63, 3.8) is 0 Å². The molecule has 1 amide bonds. The Hall–Kier alpha value is -1.31. The minimum Gasteiger partial charge on any atom is -0.325 e. The van der Waals surface area contributed by atoms with Crippen LogP contribution in [0.1, 0.15) is 29.9 Å². The third-order valence-corrected chi connectivity index (χ3v) is 3.18. The first-order valence-corrected chi connectivity index (χ1v) is 5.17. The van der Waals surface area contributed by atoms with Gasteiger partial charge < -0.3 is 5.32 Å². The summed E-state index contributed by atoms with van der Waals surface area (Å²) in [5, 5.41) is 2.96. The first-order valence-electron chi connectivity index (χ1n) is 5.17. The lowest BCUT2D eigenvalue weighted by Gasteiger charge is -2.06. The lowest BCUT2D eigenvalue weighted by molar-refractivity contribution is -0.117. The Morgan fingerprint density at radius 2 is 2.14 bits per heavy atom. The van der Waals surface area contributed by atoms with E-state index in [1.807, 2.05) is 12.1 Å². The molecule has 1 N–H and O–H groups in total. The Labute approximate surface area is 83.3 Å². The maximum atomic E-state index is 11.7. The Morgan fingerprint density at radius 3 is 2.86 bits per heavy atom. The molecule has 2 heteroatoms. The summed E-state index contributed by atoms with van der Waals surface area (Å²) < 4.78 is 0. The van der Waals surface area contributed by atoms with Gasteiger partial charge in [0.2, 0.25) is 5.91 Å². The standard InChI is InChI=1S/C12H13NO/c1-7-2-5-10-9(6-7)11(8-3-4-8)12(14)13-10/h2,5-6,8,11H,3-4H2,1H3,(H,13,14). The van der Waals surface area contributed by atoms with Gasteiger partial charge in [-0.25, -0.2) is 0 Å². The Bertz CT molecular complexity index is 407. The van der Waals surface area contributed by atoms with Crippen molar-refractivity contribution >= 4 is 11.6 Å². The smallest absolute Gasteiger partial charge is 0.232 e. The maximum Gasteiger partial charge on any atom is 0.232 e. The number of nitrogens with one attached hydrogen (secondary N) is 1. The van der Waals surface area contributed by atoms with Gasteiger partial charge in [0, 0.05) is 5.69 Å². The van der Waals surface area contributed by atoms with Gasteiger partial charge in [0.15, 0.2) is 0 Å². The molecule has 3 rings (SSSR count). The number of aryl methyl sites for hydroxylation is 1. The highest BCUT2D eigenvalue weighted by atomic mass is 16.2. The molecule has 0 radical (unpaired) electrons. The minimum absolute atomic E-state index is 0.143. The number of amides is 1. The fourth-order valence-corrected chi connectivity index (χ4v) is 2.30. The number of benzene rings is 1. The first kappa shape index (κ1) is 8.04. The quantitative estimate of drug-likeness (QED) is 0.718.